The summed E-state index contributed by atoms with van der Waals surface area (Å²) < 4.78 is 36.2. The lowest BCUT2D eigenvalue weighted by Crippen LogP contribution is -2.28. The van der Waals surface area contributed by atoms with Gasteiger partial charge < -0.3 is 14.8 Å². The predicted octanol–water partition coefficient (Wildman–Crippen LogP) is 2.14. The van der Waals surface area contributed by atoms with Gasteiger partial charge in [0.15, 0.2) is 0 Å². The Morgan fingerprint density at radius 3 is 2.26 bits per heavy atom. The van der Waals surface area contributed by atoms with Crippen molar-refractivity contribution in [1.29, 1.82) is 0 Å². The third-order valence-corrected chi connectivity index (χ3v) is 5.50. The normalized spacial score (nSPS) is 11.3. The number of hydrogen-bond donors (Lipinski definition) is 1. The van der Waals surface area contributed by atoms with E-state index in [-0.39, 0.29) is 10.8 Å². The summed E-state index contributed by atoms with van der Waals surface area (Å²) in [5, 5.41) is 2.73. The van der Waals surface area contributed by atoms with E-state index in [0.29, 0.717) is 31.1 Å². The Morgan fingerprint density at radius 2 is 1.67 bits per heavy atom. The standard InChI is InChI=1S/C19H24N2O5S/c1-4-25-16-6-5-7-17(14-16)26-13-12-20-19(22)15-8-10-18(11-9-15)27(23,24)21(2)3/h5-11,14H,4,12-13H2,1-3H3,(H,20,22). The van der Waals surface area contributed by atoms with Crippen LogP contribution in [0.4, 0.5) is 0 Å². The van der Waals surface area contributed by atoms with Gasteiger partial charge >= 0.3 is 0 Å². The van der Waals surface area contributed by atoms with Crippen molar-refractivity contribution in [1.82, 2.24) is 9.62 Å². The van der Waals surface area contributed by atoms with Crippen molar-refractivity contribution in [3.8, 4) is 11.5 Å². The fraction of sp³-hybridized carbons (Fsp3) is 0.316. The molecule has 2 rings (SSSR count). The number of carbonyl (C=O) groups excluding carboxylic acids is 1. The Hall–Kier alpha value is -2.58. The molecule has 0 aliphatic carbocycles. The second-order valence-electron chi connectivity index (χ2n) is 5.82. The molecule has 0 aromatic heterocycles. The van der Waals surface area contributed by atoms with Gasteiger partial charge in [0.1, 0.15) is 18.1 Å². The van der Waals surface area contributed by atoms with Crippen molar-refractivity contribution in [2.45, 2.75) is 11.8 Å². The summed E-state index contributed by atoms with van der Waals surface area (Å²) in [6.45, 7) is 3.10. The molecule has 0 fully saturated rings. The molecular weight excluding hydrogens is 368 g/mol. The highest BCUT2D eigenvalue weighted by atomic mass is 32.2. The van der Waals surface area contributed by atoms with Gasteiger partial charge in [-0.25, -0.2) is 12.7 Å². The lowest BCUT2D eigenvalue weighted by molar-refractivity contribution is 0.0947. The molecule has 2 aromatic carbocycles. The van der Waals surface area contributed by atoms with E-state index < -0.39 is 10.0 Å². The molecule has 7 nitrogen and oxygen atoms in total. The summed E-state index contributed by atoms with van der Waals surface area (Å²) in [7, 11) is -0.591. The average molecular weight is 392 g/mol. The number of nitrogens with zero attached hydrogens (tertiary/aromatic N) is 1. The molecule has 0 aliphatic heterocycles. The van der Waals surface area contributed by atoms with E-state index in [0.717, 1.165) is 10.1 Å². The molecule has 27 heavy (non-hydrogen) atoms. The maximum atomic E-state index is 12.1. The van der Waals surface area contributed by atoms with E-state index in [9.17, 15) is 13.2 Å². The molecule has 0 atom stereocenters. The number of hydrogen-bond acceptors (Lipinski definition) is 5. The second-order valence-corrected chi connectivity index (χ2v) is 7.98. The van der Waals surface area contributed by atoms with Gasteiger partial charge in [-0.1, -0.05) is 6.07 Å². The van der Waals surface area contributed by atoms with E-state index in [1.807, 2.05) is 25.1 Å². The molecule has 0 spiro atoms. The molecule has 0 unspecified atom stereocenters. The van der Waals surface area contributed by atoms with E-state index in [1.165, 1.54) is 38.4 Å². The molecule has 8 heteroatoms. The SMILES string of the molecule is CCOc1cccc(OCCNC(=O)c2ccc(S(=O)(=O)N(C)C)cc2)c1. The number of benzene rings is 2. The first-order valence-corrected chi connectivity index (χ1v) is 9.95. The highest BCUT2D eigenvalue weighted by molar-refractivity contribution is 7.89. The van der Waals surface area contributed by atoms with Gasteiger partial charge in [0.2, 0.25) is 10.0 Å². The Bertz CT molecular complexity index is 864. The number of ether oxygens (including phenoxy) is 2. The van der Waals surface area contributed by atoms with Crippen LogP contribution in [0.2, 0.25) is 0 Å². The van der Waals surface area contributed by atoms with Crippen molar-refractivity contribution in [3.05, 3.63) is 54.1 Å². The molecule has 0 saturated heterocycles. The van der Waals surface area contributed by atoms with Crippen LogP contribution in [-0.2, 0) is 10.0 Å². The molecule has 0 aliphatic rings. The smallest absolute Gasteiger partial charge is 0.251 e. The second kappa shape index (κ2) is 9.38. The average Bonchev–Trinajstić information content (AvgIpc) is 2.65. The molecule has 0 heterocycles. The van der Waals surface area contributed by atoms with Crippen LogP contribution in [0.1, 0.15) is 17.3 Å². The number of nitrogens with one attached hydrogen (secondary N) is 1. The summed E-state index contributed by atoms with van der Waals surface area (Å²) in [5.74, 6) is 1.09. The molecule has 0 saturated carbocycles. The first-order chi connectivity index (χ1) is 12.8. The lowest BCUT2D eigenvalue weighted by Gasteiger charge is -2.12. The Morgan fingerprint density at radius 1 is 1.04 bits per heavy atom. The number of sulfonamides is 1. The van der Waals surface area contributed by atoms with Gasteiger partial charge in [-0.2, -0.15) is 0 Å². The van der Waals surface area contributed by atoms with Crippen LogP contribution in [-0.4, -0.2) is 52.5 Å². The fourth-order valence-electron chi connectivity index (χ4n) is 2.25. The summed E-state index contributed by atoms with van der Waals surface area (Å²) in [5.41, 5.74) is 0.381. The molecule has 0 radical (unpaired) electrons. The van der Waals surface area contributed by atoms with Crippen molar-refractivity contribution in [2.24, 2.45) is 0 Å². The van der Waals surface area contributed by atoms with E-state index in [1.54, 1.807) is 6.07 Å². The van der Waals surface area contributed by atoms with Crippen molar-refractivity contribution in [3.63, 3.8) is 0 Å². The third kappa shape index (κ3) is 5.70. The Kier molecular flexibility index (Phi) is 7.20. The number of amides is 1. The van der Waals surface area contributed by atoms with Crippen LogP contribution in [0.5, 0.6) is 11.5 Å². The lowest BCUT2D eigenvalue weighted by atomic mass is 10.2. The Balaban J connectivity index is 1.85. The third-order valence-electron chi connectivity index (χ3n) is 3.67. The van der Waals surface area contributed by atoms with Crippen molar-refractivity contribution < 1.29 is 22.7 Å². The number of carbonyl (C=O) groups is 1. The first-order valence-electron chi connectivity index (χ1n) is 8.51. The predicted molar refractivity (Wildman–Crippen MR) is 103 cm³/mol. The summed E-state index contributed by atoms with van der Waals surface area (Å²) >= 11 is 0. The minimum Gasteiger partial charge on any atom is -0.494 e. The van der Waals surface area contributed by atoms with E-state index in [4.69, 9.17) is 9.47 Å². The molecule has 0 bridgehead atoms. The first kappa shape index (κ1) is 20.7. The molecule has 2 aromatic rings. The summed E-state index contributed by atoms with van der Waals surface area (Å²) in [6, 6.07) is 13.1. The van der Waals surface area contributed by atoms with Crippen LogP contribution < -0.4 is 14.8 Å². The van der Waals surface area contributed by atoms with E-state index in [2.05, 4.69) is 5.32 Å². The van der Waals surface area contributed by atoms with Crippen LogP contribution in [0.15, 0.2) is 53.4 Å². The maximum Gasteiger partial charge on any atom is 0.251 e. The maximum absolute atomic E-state index is 12.1. The number of rotatable bonds is 9. The molecule has 1 amide bonds. The zero-order valence-corrected chi connectivity index (χ0v) is 16.5. The Labute approximate surface area is 160 Å². The van der Waals surface area contributed by atoms with Crippen LogP contribution in [0.3, 0.4) is 0 Å². The van der Waals surface area contributed by atoms with Gasteiger partial charge in [-0.3, -0.25) is 4.79 Å². The van der Waals surface area contributed by atoms with Gasteiger partial charge in [0.25, 0.3) is 5.91 Å². The van der Waals surface area contributed by atoms with Gasteiger partial charge in [0, 0.05) is 25.7 Å². The monoisotopic (exact) mass is 392 g/mol. The van der Waals surface area contributed by atoms with Crippen molar-refractivity contribution >= 4 is 15.9 Å². The summed E-state index contributed by atoms with van der Waals surface area (Å²) in [4.78, 5) is 12.3. The van der Waals surface area contributed by atoms with Gasteiger partial charge in [-0.15, -0.1) is 0 Å². The van der Waals surface area contributed by atoms with Crippen LogP contribution >= 0.6 is 0 Å². The minimum atomic E-state index is -3.51. The zero-order valence-electron chi connectivity index (χ0n) is 15.6. The largest absolute Gasteiger partial charge is 0.494 e. The topological polar surface area (TPSA) is 84.9 Å². The molecular formula is C19H24N2O5S. The molecule has 146 valence electrons. The van der Waals surface area contributed by atoms with Gasteiger partial charge in [0.05, 0.1) is 18.0 Å². The fourth-order valence-corrected chi connectivity index (χ4v) is 3.15. The summed E-state index contributed by atoms with van der Waals surface area (Å²) in [6.07, 6.45) is 0. The van der Waals surface area contributed by atoms with Crippen molar-refractivity contribution in [2.75, 3.05) is 33.9 Å². The zero-order chi connectivity index (χ0) is 19.9. The molecule has 1 N–H and O–H groups in total. The minimum absolute atomic E-state index is 0.140. The van der Waals surface area contributed by atoms with Crippen LogP contribution in [0.25, 0.3) is 0 Å². The van der Waals surface area contributed by atoms with Crippen LogP contribution in [0, 0.1) is 0 Å². The van der Waals surface area contributed by atoms with Gasteiger partial charge in [-0.05, 0) is 43.3 Å². The quantitative estimate of drug-likeness (QED) is 0.661. The highest BCUT2D eigenvalue weighted by Gasteiger charge is 2.17. The van der Waals surface area contributed by atoms with E-state index >= 15 is 0 Å². The highest BCUT2D eigenvalue weighted by Crippen LogP contribution is 2.19.